The van der Waals surface area contributed by atoms with Gasteiger partial charge in [0.2, 0.25) is 5.91 Å². The number of aliphatic hydroxyl groups is 1. The average molecular weight is 365 g/mol. The van der Waals surface area contributed by atoms with Crippen LogP contribution in [-0.4, -0.2) is 26.7 Å². The van der Waals surface area contributed by atoms with Crippen LogP contribution >= 0.6 is 0 Å². The normalized spacial score (nSPS) is 12.4. The summed E-state index contributed by atoms with van der Waals surface area (Å²) in [5.41, 5.74) is 9.98. The summed E-state index contributed by atoms with van der Waals surface area (Å²) in [6.07, 6.45) is 7.02. The Morgan fingerprint density at radius 1 is 1.15 bits per heavy atom. The molecule has 0 bridgehead atoms. The molecule has 0 spiro atoms. The lowest BCUT2D eigenvalue weighted by molar-refractivity contribution is -0.126. The number of nitrogens with two attached hydrogens (primary N) is 1. The summed E-state index contributed by atoms with van der Waals surface area (Å²) in [4.78, 5) is 15.2. The molecule has 0 aliphatic rings. The number of aryl methyl sites for hydroxylation is 2. The van der Waals surface area contributed by atoms with E-state index in [1.165, 1.54) is 22.2 Å². The van der Waals surface area contributed by atoms with Crippen LogP contribution in [0.3, 0.4) is 0 Å². The highest BCUT2D eigenvalue weighted by atomic mass is 16.3. The Hall–Kier alpha value is -2.66. The van der Waals surface area contributed by atoms with Crippen molar-refractivity contribution in [1.29, 1.82) is 0 Å². The topological polar surface area (TPSA) is 81.1 Å². The molecule has 1 unspecified atom stereocenters. The van der Waals surface area contributed by atoms with Crippen LogP contribution in [-0.2, 0) is 11.3 Å². The standard InChI is InChI=1S/C22H27N3O2/c1-16-18-10-5-6-11-19(18)25(21(16)17-9-8-13-24-15-17)14-7-3-2-4-12-20(26)22(23)27/h5-6,8-11,13,15,20,26H,2-4,7,12,14H2,1H3,(H2,23,27). The van der Waals surface area contributed by atoms with E-state index in [2.05, 4.69) is 46.8 Å². The Balaban J connectivity index is 1.71. The zero-order valence-electron chi connectivity index (χ0n) is 15.8. The third-order valence-corrected chi connectivity index (χ3v) is 5.10. The molecule has 0 aliphatic heterocycles. The zero-order valence-corrected chi connectivity index (χ0v) is 15.8. The van der Waals surface area contributed by atoms with Crippen molar-refractivity contribution in [3.63, 3.8) is 0 Å². The number of unbranched alkanes of at least 4 members (excludes halogenated alkanes) is 3. The summed E-state index contributed by atoms with van der Waals surface area (Å²) < 4.78 is 2.39. The molecule has 142 valence electrons. The van der Waals surface area contributed by atoms with Gasteiger partial charge in [0, 0.05) is 35.4 Å². The van der Waals surface area contributed by atoms with Crippen molar-refractivity contribution < 1.29 is 9.90 Å². The quantitative estimate of drug-likeness (QED) is 0.566. The highest BCUT2D eigenvalue weighted by Crippen LogP contribution is 2.33. The molecular formula is C22H27N3O2. The molecule has 1 atom stereocenters. The van der Waals surface area contributed by atoms with Crippen molar-refractivity contribution in [1.82, 2.24) is 9.55 Å². The van der Waals surface area contributed by atoms with Crippen LogP contribution in [0, 0.1) is 6.92 Å². The Morgan fingerprint density at radius 2 is 1.93 bits per heavy atom. The third kappa shape index (κ3) is 4.37. The lowest BCUT2D eigenvalue weighted by atomic mass is 10.1. The van der Waals surface area contributed by atoms with Crippen molar-refractivity contribution in [3.05, 3.63) is 54.4 Å². The average Bonchev–Trinajstić information content (AvgIpc) is 2.97. The molecule has 3 N–H and O–H groups in total. The van der Waals surface area contributed by atoms with Crippen LogP contribution in [0.1, 0.15) is 37.7 Å². The number of benzene rings is 1. The lowest BCUT2D eigenvalue weighted by Gasteiger charge is -2.12. The summed E-state index contributed by atoms with van der Waals surface area (Å²) in [6, 6.07) is 12.6. The number of hydrogen-bond acceptors (Lipinski definition) is 3. The van der Waals surface area contributed by atoms with E-state index in [1.54, 1.807) is 6.20 Å². The van der Waals surface area contributed by atoms with Gasteiger partial charge < -0.3 is 15.4 Å². The number of fused-ring (bicyclic) bond motifs is 1. The van der Waals surface area contributed by atoms with Crippen LogP contribution in [0.4, 0.5) is 0 Å². The molecule has 3 aromatic rings. The number of primary amides is 1. The lowest BCUT2D eigenvalue weighted by Crippen LogP contribution is -2.27. The minimum Gasteiger partial charge on any atom is -0.383 e. The molecule has 5 heteroatoms. The number of hydrogen-bond donors (Lipinski definition) is 2. The number of rotatable bonds is 9. The van der Waals surface area contributed by atoms with Gasteiger partial charge in [-0.05, 0) is 43.5 Å². The molecule has 0 radical (unpaired) electrons. The SMILES string of the molecule is Cc1c(-c2cccnc2)n(CCCCCCC(O)C(N)=O)c2ccccc12. The molecular weight excluding hydrogens is 338 g/mol. The van der Waals surface area contributed by atoms with Crippen molar-refractivity contribution in [2.24, 2.45) is 5.73 Å². The summed E-state index contributed by atoms with van der Waals surface area (Å²) in [5.74, 6) is -0.634. The van der Waals surface area contributed by atoms with Gasteiger partial charge in [-0.1, -0.05) is 37.5 Å². The van der Waals surface area contributed by atoms with Gasteiger partial charge in [-0.3, -0.25) is 9.78 Å². The van der Waals surface area contributed by atoms with E-state index in [4.69, 9.17) is 5.73 Å². The number of para-hydroxylation sites is 1. The van der Waals surface area contributed by atoms with Gasteiger partial charge in [0.1, 0.15) is 6.10 Å². The molecule has 0 saturated carbocycles. The number of carbonyl (C=O) groups is 1. The Morgan fingerprint density at radius 3 is 2.67 bits per heavy atom. The van der Waals surface area contributed by atoms with E-state index in [9.17, 15) is 9.90 Å². The maximum Gasteiger partial charge on any atom is 0.246 e. The van der Waals surface area contributed by atoms with Gasteiger partial charge in [0.05, 0.1) is 5.69 Å². The minimum absolute atomic E-state index is 0.446. The van der Waals surface area contributed by atoms with E-state index in [0.29, 0.717) is 6.42 Å². The van der Waals surface area contributed by atoms with Gasteiger partial charge in [0.15, 0.2) is 0 Å². The predicted octanol–water partition coefficient (Wildman–Crippen LogP) is 3.81. The number of nitrogens with zero attached hydrogens (tertiary/aromatic N) is 2. The van der Waals surface area contributed by atoms with Gasteiger partial charge in [-0.25, -0.2) is 0 Å². The van der Waals surface area contributed by atoms with Crippen molar-refractivity contribution >= 4 is 16.8 Å². The van der Waals surface area contributed by atoms with E-state index in [-0.39, 0.29) is 0 Å². The second kappa shape index (κ2) is 8.82. The Bertz CT molecular complexity index is 903. The molecule has 0 saturated heterocycles. The summed E-state index contributed by atoms with van der Waals surface area (Å²) >= 11 is 0. The molecule has 2 heterocycles. The number of aromatic nitrogens is 2. The minimum atomic E-state index is -1.02. The monoisotopic (exact) mass is 365 g/mol. The van der Waals surface area contributed by atoms with Gasteiger partial charge in [0.25, 0.3) is 0 Å². The van der Waals surface area contributed by atoms with Crippen molar-refractivity contribution in [2.75, 3.05) is 0 Å². The first-order valence-electron chi connectivity index (χ1n) is 9.55. The molecule has 2 aromatic heterocycles. The van der Waals surface area contributed by atoms with Crippen LogP contribution in [0.15, 0.2) is 48.8 Å². The molecule has 1 aromatic carbocycles. The van der Waals surface area contributed by atoms with Gasteiger partial charge in [-0.2, -0.15) is 0 Å². The van der Waals surface area contributed by atoms with Crippen LogP contribution in [0.5, 0.6) is 0 Å². The molecule has 3 rings (SSSR count). The van der Waals surface area contributed by atoms with Crippen LogP contribution < -0.4 is 5.73 Å². The first-order valence-corrected chi connectivity index (χ1v) is 9.55. The Labute approximate surface area is 159 Å². The molecule has 27 heavy (non-hydrogen) atoms. The summed E-state index contributed by atoms with van der Waals surface area (Å²) in [7, 11) is 0. The number of pyridine rings is 1. The number of carbonyl (C=O) groups excluding carboxylic acids is 1. The smallest absolute Gasteiger partial charge is 0.246 e. The number of aliphatic hydroxyl groups excluding tert-OH is 1. The fourth-order valence-electron chi connectivity index (χ4n) is 3.69. The van der Waals surface area contributed by atoms with E-state index in [0.717, 1.165) is 37.8 Å². The highest BCUT2D eigenvalue weighted by Gasteiger charge is 2.15. The van der Waals surface area contributed by atoms with Crippen molar-refractivity contribution in [2.45, 2.75) is 51.7 Å². The van der Waals surface area contributed by atoms with E-state index in [1.807, 2.05) is 12.3 Å². The largest absolute Gasteiger partial charge is 0.383 e. The third-order valence-electron chi connectivity index (χ3n) is 5.10. The highest BCUT2D eigenvalue weighted by molar-refractivity contribution is 5.91. The first kappa shape index (κ1) is 19.1. The fourth-order valence-corrected chi connectivity index (χ4v) is 3.69. The molecule has 0 fully saturated rings. The van der Waals surface area contributed by atoms with Gasteiger partial charge >= 0.3 is 0 Å². The maximum absolute atomic E-state index is 10.9. The fraction of sp³-hybridized carbons (Fsp3) is 0.364. The molecule has 5 nitrogen and oxygen atoms in total. The van der Waals surface area contributed by atoms with E-state index < -0.39 is 12.0 Å². The number of amides is 1. The first-order chi connectivity index (χ1) is 13.1. The summed E-state index contributed by atoms with van der Waals surface area (Å²) in [5, 5.41) is 10.7. The molecule has 1 amide bonds. The van der Waals surface area contributed by atoms with Crippen molar-refractivity contribution in [3.8, 4) is 11.3 Å². The van der Waals surface area contributed by atoms with Crippen LogP contribution in [0.25, 0.3) is 22.2 Å². The second-order valence-electron chi connectivity index (χ2n) is 7.01. The second-order valence-corrected chi connectivity index (χ2v) is 7.01. The van der Waals surface area contributed by atoms with Crippen LogP contribution in [0.2, 0.25) is 0 Å². The zero-order chi connectivity index (χ0) is 19.2. The molecule has 0 aliphatic carbocycles. The predicted molar refractivity (Wildman–Crippen MR) is 108 cm³/mol. The van der Waals surface area contributed by atoms with Gasteiger partial charge in [-0.15, -0.1) is 0 Å². The summed E-state index contributed by atoms with van der Waals surface area (Å²) in [6.45, 7) is 3.10. The maximum atomic E-state index is 10.9. The Kier molecular flexibility index (Phi) is 6.24. The van der Waals surface area contributed by atoms with E-state index >= 15 is 0 Å².